The Balaban J connectivity index is 2.03. The fourth-order valence-corrected chi connectivity index (χ4v) is 2.28. The van der Waals surface area contributed by atoms with Gasteiger partial charge < -0.3 is 5.11 Å². The molecule has 0 aliphatic rings. The molecule has 4 heteroatoms. The van der Waals surface area contributed by atoms with Gasteiger partial charge in [-0.05, 0) is 24.6 Å². The first-order chi connectivity index (χ1) is 9.65. The molecule has 20 heavy (non-hydrogen) atoms. The molecule has 0 bridgehead atoms. The van der Waals surface area contributed by atoms with Gasteiger partial charge in [0.05, 0.1) is 23.8 Å². The van der Waals surface area contributed by atoms with Crippen molar-refractivity contribution < 1.29 is 9.90 Å². The molecule has 3 rings (SSSR count). The fourth-order valence-electron chi connectivity index (χ4n) is 2.28. The largest absolute Gasteiger partial charge is 0.478 e. The average Bonchev–Trinajstić information content (AvgIpc) is 2.84. The minimum Gasteiger partial charge on any atom is -0.478 e. The molecule has 1 heterocycles. The van der Waals surface area contributed by atoms with Gasteiger partial charge in [-0.15, -0.1) is 0 Å². The molecule has 0 spiro atoms. The highest BCUT2D eigenvalue weighted by Crippen LogP contribution is 2.19. The predicted molar refractivity (Wildman–Crippen MR) is 77.0 cm³/mol. The second-order valence-electron chi connectivity index (χ2n) is 4.83. The molecule has 1 aromatic heterocycles. The number of carboxylic acids is 1. The molecule has 0 unspecified atom stereocenters. The van der Waals surface area contributed by atoms with Crippen molar-refractivity contribution in [3.63, 3.8) is 0 Å². The van der Waals surface area contributed by atoms with E-state index in [0.717, 1.165) is 11.1 Å². The molecule has 1 N–H and O–H groups in total. The lowest BCUT2D eigenvalue weighted by molar-refractivity contribution is 0.0699. The van der Waals surface area contributed by atoms with Crippen molar-refractivity contribution >= 4 is 16.9 Å². The Labute approximate surface area is 116 Å². The standard InChI is InChI=1S/C16H14N2O2/c1-11-5-7-12(8-6-11)10-18-15-4-2-3-13(16(19)20)14(15)9-17-18/h2-9H,10H2,1H3,(H,19,20). The number of aryl methyl sites for hydroxylation is 1. The highest BCUT2D eigenvalue weighted by molar-refractivity contribution is 6.02. The third-order valence-corrected chi connectivity index (χ3v) is 3.37. The van der Waals surface area contributed by atoms with E-state index in [0.29, 0.717) is 11.9 Å². The van der Waals surface area contributed by atoms with Crippen LogP contribution in [0, 0.1) is 6.92 Å². The van der Waals surface area contributed by atoms with E-state index < -0.39 is 5.97 Å². The number of aromatic nitrogens is 2. The van der Waals surface area contributed by atoms with Crippen molar-refractivity contribution in [2.24, 2.45) is 0 Å². The summed E-state index contributed by atoms with van der Waals surface area (Å²) in [5.74, 6) is -0.925. The average molecular weight is 266 g/mol. The van der Waals surface area contributed by atoms with Crippen molar-refractivity contribution in [2.75, 3.05) is 0 Å². The third kappa shape index (κ3) is 2.16. The van der Waals surface area contributed by atoms with Crippen LogP contribution in [-0.2, 0) is 6.54 Å². The van der Waals surface area contributed by atoms with Gasteiger partial charge in [-0.2, -0.15) is 5.10 Å². The van der Waals surface area contributed by atoms with Crippen molar-refractivity contribution in [3.05, 3.63) is 65.4 Å². The first-order valence-electron chi connectivity index (χ1n) is 6.38. The maximum Gasteiger partial charge on any atom is 0.336 e. The third-order valence-electron chi connectivity index (χ3n) is 3.37. The molecule has 3 aromatic rings. The predicted octanol–water partition coefficient (Wildman–Crippen LogP) is 3.09. The van der Waals surface area contributed by atoms with Crippen molar-refractivity contribution in [1.29, 1.82) is 0 Å². The lowest BCUT2D eigenvalue weighted by atomic mass is 10.1. The molecular weight excluding hydrogens is 252 g/mol. The molecule has 0 amide bonds. The Morgan fingerprint density at radius 3 is 2.65 bits per heavy atom. The van der Waals surface area contributed by atoms with Gasteiger partial charge in [-0.1, -0.05) is 35.9 Å². The van der Waals surface area contributed by atoms with Gasteiger partial charge in [-0.3, -0.25) is 4.68 Å². The van der Waals surface area contributed by atoms with E-state index in [1.54, 1.807) is 18.3 Å². The zero-order chi connectivity index (χ0) is 14.1. The Bertz CT molecular complexity index is 773. The van der Waals surface area contributed by atoms with Crippen molar-refractivity contribution in [2.45, 2.75) is 13.5 Å². The van der Waals surface area contributed by atoms with Crippen molar-refractivity contribution in [1.82, 2.24) is 9.78 Å². The van der Waals surface area contributed by atoms with Crippen LogP contribution in [0.15, 0.2) is 48.7 Å². The summed E-state index contributed by atoms with van der Waals surface area (Å²) in [4.78, 5) is 11.2. The first-order valence-corrected chi connectivity index (χ1v) is 6.38. The molecule has 0 aliphatic heterocycles. The molecule has 0 radical (unpaired) electrons. The Morgan fingerprint density at radius 1 is 1.20 bits per heavy atom. The van der Waals surface area contributed by atoms with Gasteiger partial charge in [0, 0.05) is 5.39 Å². The maximum atomic E-state index is 11.2. The molecule has 0 atom stereocenters. The van der Waals surface area contributed by atoms with Crippen LogP contribution in [-0.4, -0.2) is 20.9 Å². The summed E-state index contributed by atoms with van der Waals surface area (Å²) in [6.07, 6.45) is 1.62. The van der Waals surface area contributed by atoms with Gasteiger partial charge in [0.25, 0.3) is 0 Å². The smallest absolute Gasteiger partial charge is 0.336 e. The van der Waals surface area contributed by atoms with Crippen LogP contribution in [0.1, 0.15) is 21.5 Å². The van der Waals surface area contributed by atoms with Gasteiger partial charge in [0.1, 0.15) is 0 Å². The molecule has 0 saturated carbocycles. The van der Waals surface area contributed by atoms with Crippen LogP contribution in [0.4, 0.5) is 0 Å². The first kappa shape index (κ1) is 12.4. The van der Waals surface area contributed by atoms with E-state index in [1.165, 1.54) is 5.56 Å². The number of carboxylic acid groups (broad SMARTS) is 1. The van der Waals surface area contributed by atoms with Crippen molar-refractivity contribution in [3.8, 4) is 0 Å². The fraction of sp³-hybridized carbons (Fsp3) is 0.125. The molecule has 0 saturated heterocycles. The minimum absolute atomic E-state index is 0.289. The summed E-state index contributed by atoms with van der Waals surface area (Å²) in [7, 11) is 0. The van der Waals surface area contributed by atoms with Gasteiger partial charge in [0.2, 0.25) is 0 Å². The number of hydrogen-bond donors (Lipinski definition) is 1. The van der Waals surface area contributed by atoms with Crippen LogP contribution in [0.3, 0.4) is 0 Å². The Morgan fingerprint density at radius 2 is 1.95 bits per heavy atom. The second-order valence-corrected chi connectivity index (χ2v) is 4.83. The molecule has 0 aliphatic carbocycles. The highest BCUT2D eigenvalue weighted by Gasteiger charge is 2.11. The zero-order valence-electron chi connectivity index (χ0n) is 11.1. The normalized spacial score (nSPS) is 10.8. The van der Waals surface area contributed by atoms with E-state index in [-0.39, 0.29) is 5.56 Å². The van der Waals surface area contributed by atoms with Crippen LogP contribution in [0.2, 0.25) is 0 Å². The SMILES string of the molecule is Cc1ccc(Cn2ncc3c(C(=O)O)cccc32)cc1. The topological polar surface area (TPSA) is 55.1 Å². The number of nitrogens with zero attached hydrogens (tertiary/aromatic N) is 2. The van der Waals surface area contributed by atoms with E-state index in [9.17, 15) is 9.90 Å². The van der Waals surface area contributed by atoms with Crippen LogP contribution < -0.4 is 0 Å². The molecular formula is C16H14N2O2. The summed E-state index contributed by atoms with van der Waals surface area (Å²) in [6, 6.07) is 13.5. The van der Waals surface area contributed by atoms with Gasteiger partial charge in [-0.25, -0.2) is 4.79 Å². The van der Waals surface area contributed by atoms with Crippen LogP contribution in [0.5, 0.6) is 0 Å². The summed E-state index contributed by atoms with van der Waals surface area (Å²) in [6.45, 7) is 2.68. The van der Waals surface area contributed by atoms with E-state index in [1.807, 2.05) is 17.7 Å². The maximum absolute atomic E-state index is 11.2. The summed E-state index contributed by atoms with van der Waals surface area (Å²) in [5, 5.41) is 14.2. The number of aromatic carboxylic acids is 1. The van der Waals surface area contributed by atoms with Gasteiger partial charge in [0.15, 0.2) is 0 Å². The van der Waals surface area contributed by atoms with E-state index in [4.69, 9.17) is 0 Å². The lowest BCUT2D eigenvalue weighted by Crippen LogP contribution is -2.02. The minimum atomic E-state index is -0.925. The lowest BCUT2D eigenvalue weighted by Gasteiger charge is -2.05. The van der Waals surface area contributed by atoms with E-state index >= 15 is 0 Å². The number of rotatable bonds is 3. The van der Waals surface area contributed by atoms with E-state index in [2.05, 4.69) is 29.4 Å². The number of carbonyl (C=O) groups is 1. The monoisotopic (exact) mass is 266 g/mol. The van der Waals surface area contributed by atoms with Gasteiger partial charge >= 0.3 is 5.97 Å². The number of fused-ring (bicyclic) bond motifs is 1. The second kappa shape index (κ2) is 4.81. The molecule has 0 fully saturated rings. The van der Waals surface area contributed by atoms with Crippen LogP contribution >= 0.6 is 0 Å². The summed E-state index contributed by atoms with van der Waals surface area (Å²) in [5.41, 5.74) is 3.48. The molecule has 100 valence electrons. The quantitative estimate of drug-likeness (QED) is 0.792. The Kier molecular flexibility index (Phi) is 2.99. The molecule has 2 aromatic carbocycles. The summed E-state index contributed by atoms with van der Waals surface area (Å²) < 4.78 is 1.83. The summed E-state index contributed by atoms with van der Waals surface area (Å²) >= 11 is 0. The molecule has 4 nitrogen and oxygen atoms in total. The number of hydrogen-bond acceptors (Lipinski definition) is 2. The Hall–Kier alpha value is -2.62. The number of benzene rings is 2. The van der Waals surface area contributed by atoms with Crippen LogP contribution in [0.25, 0.3) is 10.9 Å². The zero-order valence-corrected chi connectivity index (χ0v) is 11.1. The highest BCUT2D eigenvalue weighted by atomic mass is 16.4.